The second-order valence-corrected chi connectivity index (χ2v) is 6.37. The van der Waals surface area contributed by atoms with Gasteiger partial charge >= 0.3 is 5.97 Å². The van der Waals surface area contributed by atoms with E-state index in [9.17, 15) is 22.7 Å². The van der Waals surface area contributed by atoms with E-state index >= 15 is 0 Å². The highest BCUT2D eigenvalue weighted by molar-refractivity contribution is 7.89. The maximum absolute atomic E-state index is 12.8. The van der Waals surface area contributed by atoms with Crippen LogP contribution in [0.1, 0.15) is 5.56 Å². The fourth-order valence-corrected chi connectivity index (χ4v) is 3.09. The molecule has 2 rings (SSSR count). The van der Waals surface area contributed by atoms with Gasteiger partial charge in [-0.05, 0) is 36.2 Å². The van der Waals surface area contributed by atoms with Crippen LogP contribution in [0.15, 0.2) is 59.5 Å². The van der Waals surface area contributed by atoms with Crippen LogP contribution in [0.5, 0.6) is 0 Å². The molecule has 0 aromatic heterocycles. The Hall–Kier alpha value is -2.25. The van der Waals surface area contributed by atoms with Gasteiger partial charge in [-0.3, -0.25) is 4.79 Å². The molecule has 0 unspecified atom stereocenters. The van der Waals surface area contributed by atoms with Gasteiger partial charge in [0, 0.05) is 0 Å². The number of hydrogen-bond donors (Lipinski definition) is 2. The molecule has 0 bridgehead atoms. The van der Waals surface area contributed by atoms with Crippen molar-refractivity contribution < 1.29 is 22.7 Å². The molecule has 116 valence electrons. The topological polar surface area (TPSA) is 83.5 Å². The van der Waals surface area contributed by atoms with Crippen molar-refractivity contribution in [3.63, 3.8) is 0 Å². The summed E-state index contributed by atoms with van der Waals surface area (Å²) in [5.41, 5.74) is 0.691. The molecule has 0 fully saturated rings. The van der Waals surface area contributed by atoms with Crippen molar-refractivity contribution in [3.05, 3.63) is 66.0 Å². The minimum Gasteiger partial charge on any atom is -0.480 e. The Labute approximate surface area is 127 Å². The quantitative estimate of drug-likeness (QED) is 0.849. The number of rotatable bonds is 6. The summed E-state index contributed by atoms with van der Waals surface area (Å²) in [4.78, 5) is 11.1. The molecule has 0 aliphatic rings. The molecule has 0 aliphatic heterocycles. The number of carboxylic acid groups (broad SMARTS) is 1. The van der Waals surface area contributed by atoms with E-state index in [0.29, 0.717) is 5.56 Å². The predicted octanol–water partition coefficient (Wildman–Crippen LogP) is 1.80. The SMILES string of the molecule is O=C(O)[C@H](Cc1ccccc1)NS(=O)(=O)c1ccc(F)cc1. The number of halogens is 1. The van der Waals surface area contributed by atoms with Crippen LogP contribution in [0.3, 0.4) is 0 Å². The molecule has 0 radical (unpaired) electrons. The molecule has 1 atom stereocenters. The molecule has 0 spiro atoms. The first-order valence-corrected chi connectivity index (χ1v) is 7.91. The summed E-state index contributed by atoms with van der Waals surface area (Å²) in [7, 11) is -4.04. The maximum Gasteiger partial charge on any atom is 0.322 e. The summed E-state index contributed by atoms with van der Waals surface area (Å²) in [5.74, 6) is -1.85. The van der Waals surface area contributed by atoms with Gasteiger partial charge in [0.25, 0.3) is 0 Å². The lowest BCUT2D eigenvalue weighted by Gasteiger charge is -2.15. The van der Waals surface area contributed by atoms with Gasteiger partial charge in [-0.25, -0.2) is 12.8 Å². The fraction of sp³-hybridized carbons (Fsp3) is 0.133. The van der Waals surface area contributed by atoms with Crippen LogP contribution in [0.2, 0.25) is 0 Å². The smallest absolute Gasteiger partial charge is 0.322 e. The minimum absolute atomic E-state index is 0.0105. The summed E-state index contributed by atoms with van der Waals surface area (Å²) in [6.07, 6.45) is 0.0105. The Morgan fingerprint density at radius 3 is 2.23 bits per heavy atom. The third-order valence-corrected chi connectivity index (χ3v) is 4.49. The van der Waals surface area contributed by atoms with Gasteiger partial charge in [-0.1, -0.05) is 30.3 Å². The monoisotopic (exact) mass is 323 g/mol. The highest BCUT2D eigenvalue weighted by Gasteiger charge is 2.25. The Kier molecular flexibility index (Phi) is 4.89. The Morgan fingerprint density at radius 2 is 1.68 bits per heavy atom. The molecule has 0 aliphatic carbocycles. The number of nitrogens with one attached hydrogen (secondary N) is 1. The predicted molar refractivity (Wildman–Crippen MR) is 78.3 cm³/mol. The lowest BCUT2D eigenvalue weighted by molar-refractivity contribution is -0.138. The van der Waals surface area contributed by atoms with E-state index in [2.05, 4.69) is 4.72 Å². The average molecular weight is 323 g/mol. The van der Waals surface area contributed by atoms with E-state index in [0.717, 1.165) is 24.3 Å². The Balaban J connectivity index is 2.20. The Bertz CT molecular complexity index is 745. The molecule has 2 N–H and O–H groups in total. The third kappa shape index (κ3) is 4.12. The van der Waals surface area contributed by atoms with Crippen LogP contribution >= 0.6 is 0 Å². The number of aliphatic carboxylic acids is 1. The van der Waals surface area contributed by atoms with Crippen molar-refractivity contribution in [1.29, 1.82) is 0 Å². The summed E-state index contributed by atoms with van der Waals surface area (Å²) in [6, 6.07) is 11.5. The largest absolute Gasteiger partial charge is 0.480 e. The first-order valence-electron chi connectivity index (χ1n) is 6.43. The first-order chi connectivity index (χ1) is 10.4. The van der Waals surface area contributed by atoms with Crippen molar-refractivity contribution in [2.45, 2.75) is 17.4 Å². The molecule has 22 heavy (non-hydrogen) atoms. The maximum atomic E-state index is 12.8. The Morgan fingerprint density at radius 1 is 1.09 bits per heavy atom. The van der Waals surface area contributed by atoms with Gasteiger partial charge in [-0.15, -0.1) is 0 Å². The van der Waals surface area contributed by atoms with Crippen molar-refractivity contribution in [2.75, 3.05) is 0 Å². The molecule has 2 aromatic carbocycles. The van der Waals surface area contributed by atoms with Gasteiger partial charge < -0.3 is 5.11 Å². The highest BCUT2D eigenvalue weighted by Crippen LogP contribution is 2.12. The first kappa shape index (κ1) is 16.1. The number of hydrogen-bond acceptors (Lipinski definition) is 3. The van der Waals surface area contributed by atoms with E-state index in [4.69, 9.17) is 0 Å². The molecule has 0 amide bonds. The zero-order valence-electron chi connectivity index (χ0n) is 11.4. The molecular weight excluding hydrogens is 309 g/mol. The molecule has 5 nitrogen and oxygen atoms in total. The van der Waals surface area contributed by atoms with Crippen molar-refractivity contribution >= 4 is 16.0 Å². The summed E-state index contributed by atoms with van der Waals surface area (Å²) < 4.78 is 39.3. The molecular formula is C15H14FNO4S. The van der Waals surface area contributed by atoms with E-state index in [1.807, 2.05) is 0 Å². The van der Waals surface area contributed by atoms with Crippen molar-refractivity contribution in [2.24, 2.45) is 0 Å². The summed E-state index contributed by atoms with van der Waals surface area (Å²) in [5, 5.41) is 9.20. The zero-order chi connectivity index (χ0) is 16.2. The molecule has 0 saturated carbocycles. The highest BCUT2D eigenvalue weighted by atomic mass is 32.2. The van der Waals surface area contributed by atoms with Crippen LogP contribution < -0.4 is 4.72 Å². The lowest BCUT2D eigenvalue weighted by atomic mass is 10.1. The van der Waals surface area contributed by atoms with E-state index in [-0.39, 0.29) is 11.3 Å². The third-order valence-electron chi connectivity index (χ3n) is 3.00. The van der Waals surface area contributed by atoms with Gasteiger partial charge in [0.1, 0.15) is 11.9 Å². The zero-order valence-corrected chi connectivity index (χ0v) is 12.3. The normalized spacial score (nSPS) is 12.8. The van der Waals surface area contributed by atoms with Gasteiger partial charge in [0.2, 0.25) is 10.0 Å². The van der Waals surface area contributed by atoms with Crippen LogP contribution in [-0.2, 0) is 21.2 Å². The number of benzene rings is 2. The van der Waals surface area contributed by atoms with Crippen LogP contribution in [-0.4, -0.2) is 25.5 Å². The molecule has 7 heteroatoms. The second-order valence-electron chi connectivity index (χ2n) is 4.66. The average Bonchev–Trinajstić information content (AvgIpc) is 2.48. The van der Waals surface area contributed by atoms with E-state index in [1.54, 1.807) is 30.3 Å². The minimum atomic E-state index is -4.04. The lowest BCUT2D eigenvalue weighted by Crippen LogP contribution is -2.42. The molecule has 0 heterocycles. The van der Waals surface area contributed by atoms with Crippen molar-refractivity contribution in [3.8, 4) is 0 Å². The molecule has 0 saturated heterocycles. The summed E-state index contributed by atoms with van der Waals surface area (Å²) in [6.45, 7) is 0. The van der Waals surface area contributed by atoms with Crippen molar-refractivity contribution in [1.82, 2.24) is 4.72 Å². The number of carboxylic acids is 1. The second kappa shape index (κ2) is 6.67. The fourth-order valence-electron chi connectivity index (χ4n) is 1.90. The van der Waals surface area contributed by atoms with E-state index < -0.39 is 27.9 Å². The molecule has 2 aromatic rings. The summed E-state index contributed by atoms with van der Waals surface area (Å²) >= 11 is 0. The van der Waals surface area contributed by atoms with Gasteiger partial charge in [-0.2, -0.15) is 4.72 Å². The number of carbonyl (C=O) groups is 1. The van der Waals surface area contributed by atoms with Gasteiger partial charge in [0.05, 0.1) is 4.90 Å². The van der Waals surface area contributed by atoms with E-state index in [1.165, 1.54) is 0 Å². The van der Waals surface area contributed by atoms with Crippen LogP contribution in [0.25, 0.3) is 0 Å². The van der Waals surface area contributed by atoms with Crippen LogP contribution in [0, 0.1) is 5.82 Å². The van der Waals surface area contributed by atoms with Gasteiger partial charge in [0.15, 0.2) is 0 Å². The van der Waals surface area contributed by atoms with Crippen LogP contribution in [0.4, 0.5) is 4.39 Å². The standard InChI is InChI=1S/C15H14FNO4S/c16-12-6-8-13(9-7-12)22(20,21)17-14(15(18)19)10-11-4-2-1-3-5-11/h1-9,14,17H,10H2,(H,18,19)/t14-/m0/s1. The number of sulfonamides is 1.